The topological polar surface area (TPSA) is 66.5 Å². The molecular weight excluding hydrogens is 260 g/mol. The van der Waals surface area contributed by atoms with Gasteiger partial charge in [-0.2, -0.15) is 0 Å². The van der Waals surface area contributed by atoms with Crippen molar-refractivity contribution in [3.63, 3.8) is 0 Å². The van der Waals surface area contributed by atoms with Crippen molar-refractivity contribution >= 4 is 16.6 Å². The molecule has 0 unspecified atom stereocenters. The number of hydrogen-bond acceptors (Lipinski definition) is 4. The Bertz CT molecular complexity index is 580. The van der Waals surface area contributed by atoms with E-state index in [-0.39, 0.29) is 10.6 Å². The summed E-state index contributed by atoms with van der Waals surface area (Å²) in [4.78, 5) is 10.4. The molecule has 0 aliphatic rings. The molecule has 0 saturated carbocycles. The minimum absolute atomic E-state index is 0.110. The molecule has 0 spiro atoms. The van der Waals surface area contributed by atoms with Crippen LogP contribution in [-0.2, 0) is 16.0 Å². The lowest BCUT2D eigenvalue weighted by Crippen LogP contribution is -2.07. The van der Waals surface area contributed by atoms with Crippen molar-refractivity contribution in [3.8, 4) is 0 Å². The van der Waals surface area contributed by atoms with Crippen molar-refractivity contribution in [1.29, 1.82) is 0 Å². The molecule has 0 aliphatic carbocycles. The molecule has 0 atom stereocenters. The van der Waals surface area contributed by atoms with Crippen molar-refractivity contribution in [2.75, 3.05) is 26.9 Å². The monoisotopic (exact) mass is 278 g/mol. The van der Waals surface area contributed by atoms with Crippen molar-refractivity contribution in [3.05, 3.63) is 40.6 Å². The van der Waals surface area contributed by atoms with Crippen LogP contribution in [0, 0.1) is 10.1 Å². The second-order valence-electron chi connectivity index (χ2n) is 4.47. The summed E-state index contributed by atoms with van der Waals surface area (Å²) in [7, 11) is 1.67. The number of benzene rings is 1. The lowest BCUT2D eigenvalue weighted by molar-refractivity contribution is -0.384. The van der Waals surface area contributed by atoms with Crippen molar-refractivity contribution in [2.24, 2.45) is 0 Å². The molecule has 108 valence electrons. The lowest BCUT2D eigenvalue weighted by Gasteiger charge is -2.06. The van der Waals surface area contributed by atoms with Crippen LogP contribution < -0.4 is 0 Å². The molecule has 0 N–H and O–H groups in total. The number of rotatable bonds is 8. The summed E-state index contributed by atoms with van der Waals surface area (Å²) >= 11 is 0. The molecule has 1 heterocycles. The van der Waals surface area contributed by atoms with Crippen molar-refractivity contribution in [1.82, 2.24) is 4.57 Å². The summed E-state index contributed by atoms with van der Waals surface area (Å²) in [5.41, 5.74) is 0.971. The Hall–Kier alpha value is -1.92. The zero-order valence-corrected chi connectivity index (χ0v) is 11.4. The van der Waals surface area contributed by atoms with E-state index in [0.717, 1.165) is 17.3 Å². The molecule has 6 heteroatoms. The maximum Gasteiger partial charge on any atom is 0.271 e. The summed E-state index contributed by atoms with van der Waals surface area (Å²) in [5.74, 6) is 0. The zero-order chi connectivity index (χ0) is 14.4. The molecule has 0 radical (unpaired) electrons. The van der Waals surface area contributed by atoms with E-state index in [1.165, 1.54) is 6.07 Å². The number of hydrogen-bond donors (Lipinski definition) is 0. The first-order valence-electron chi connectivity index (χ1n) is 6.52. The van der Waals surface area contributed by atoms with Crippen LogP contribution in [0.1, 0.15) is 6.42 Å². The number of methoxy groups -OCH3 is 1. The van der Waals surface area contributed by atoms with E-state index >= 15 is 0 Å². The first kappa shape index (κ1) is 14.5. The Morgan fingerprint density at radius 3 is 2.85 bits per heavy atom. The molecule has 0 fully saturated rings. The van der Waals surface area contributed by atoms with Crippen LogP contribution in [0.25, 0.3) is 10.9 Å². The fourth-order valence-electron chi connectivity index (χ4n) is 2.05. The number of nitro groups is 1. The third kappa shape index (κ3) is 3.55. The van der Waals surface area contributed by atoms with E-state index in [4.69, 9.17) is 9.47 Å². The predicted molar refractivity (Wildman–Crippen MR) is 75.9 cm³/mol. The SMILES string of the molecule is COCCCOCCn1ccc2ccc([N+](=O)[O-])cc21. The average Bonchev–Trinajstić information content (AvgIpc) is 2.85. The van der Waals surface area contributed by atoms with E-state index in [1.54, 1.807) is 19.2 Å². The molecule has 1 aromatic heterocycles. The van der Waals surface area contributed by atoms with Gasteiger partial charge in [-0.25, -0.2) is 0 Å². The fourth-order valence-corrected chi connectivity index (χ4v) is 2.05. The highest BCUT2D eigenvalue weighted by Gasteiger charge is 2.08. The molecule has 0 amide bonds. The van der Waals surface area contributed by atoms with E-state index < -0.39 is 0 Å². The second-order valence-corrected chi connectivity index (χ2v) is 4.47. The second kappa shape index (κ2) is 7.02. The average molecular weight is 278 g/mol. The maximum atomic E-state index is 10.8. The number of nitro benzene ring substituents is 1. The number of non-ortho nitro benzene ring substituents is 1. The number of ether oxygens (including phenoxy) is 2. The standard InChI is InChI=1S/C14H18N2O4/c1-19-8-2-9-20-10-7-15-6-5-12-3-4-13(16(17)18)11-14(12)15/h3-6,11H,2,7-10H2,1H3. The van der Waals surface area contributed by atoms with Gasteiger partial charge < -0.3 is 14.0 Å². The van der Waals surface area contributed by atoms with Crippen LogP contribution in [0.2, 0.25) is 0 Å². The summed E-state index contributed by atoms with van der Waals surface area (Å²) in [6, 6.07) is 6.83. The first-order valence-corrected chi connectivity index (χ1v) is 6.52. The smallest absolute Gasteiger partial charge is 0.271 e. The van der Waals surface area contributed by atoms with Crippen LogP contribution in [0.4, 0.5) is 5.69 Å². The van der Waals surface area contributed by atoms with Gasteiger partial charge in [0, 0.05) is 50.6 Å². The summed E-state index contributed by atoms with van der Waals surface area (Å²) in [6.45, 7) is 2.61. The summed E-state index contributed by atoms with van der Waals surface area (Å²) in [6.07, 6.45) is 2.79. The van der Waals surface area contributed by atoms with Gasteiger partial charge in [0.15, 0.2) is 0 Å². The molecular formula is C14H18N2O4. The molecule has 20 heavy (non-hydrogen) atoms. The highest BCUT2D eigenvalue weighted by atomic mass is 16.6. The van der Waals surface area contributed by atoms with Crippen LogP contribution >= 0.6 is 0 Å². The van der Waals surface area contributed by atoms with E-state index in [1.807, 2.05) is 16.8 Å². The van der Waals surface area contributed by atoms with Gasteiger partial charge in [0.25, 0.3) is 5.69 Å². The minimum atomic E-state index is -0.377. The van der Waals surface area contributed by atoms with Gasteiger partial charge >= 0.3 is 0 Å². The van der Waals surface area contributed by atoms with Crippen molar-refractivity contribution in [2.45, 2.75) is 13.0 Å². The fraction of sp³-hybridized carbons (Fsp3) is 0.429. The number of aromatic nitrogens is 1. The van der Waals surface area contributed by atoms with E-state index in [2.05, 4.69) is 0 Å². The molecule has 2 rings (SSSR count). The normalized spacial score (nSPS) is 11.1. The van der Waals surface area contributed by atoms with Crippen LogP contribution in [0.3, 0.4) is 0 Å². The highest BCUT2D eigenvalue weighted by molar-refractivity contribution is 5.82. The Kier molecular flexibility index (Phi) is 5.09. The molecule has 2 aromatic rings. The van der Waals surface area contributed by atoms with Gasteiger partial charge in [-0.15, -0.1) is 0 Å². The van der Waals surface area contributed by atoms with Gasteiger partial charge in [0.2, 0.25) is 0 Å². The third-order valence-electron chi connectivity index (χ3n) is 3.08. The Morgan fingerprint density at radius 1 is 1.25 bits per heavy atom. The minimum Gasteiger partial charge on any atom is -0.385 e. The lowest BCUT2D eigenvalue weighted by atomic mass is 10.2. The molecule has 6 nitrogen and oxygen atoms in total. The van der Waals surface area contributed by atoms with Gasteiger partial charge in [-0.3, -0.25) is 10.1 Å². The first-order chi connectivity index (χ1) is 9.72. The quantitative estimate of drug-likeness (QED) is 0.423. The van der Waals surface area contributed by atoms with Crippen LogP contribution in [0.15, 0.2) is 30.5 Å². The Labute approximate surface area is 117 Å². The van der Waals surface area contributed by atoms with Gasteiger partial charge in [0.1, 0.15) is 0 Å². The van der Waals surface area contributed by atoms with Crippen LogP contribution in [-0.4, -0.2) is 36.4 Å². The Balaban J connectivity index is 1.96. The van der Waals surface area contributed by atoms with Gasteiger partial charge in [-0.05, 0) is 18.6 Å². The van der Waals surface area contributed by atoms with E-state index in [9.17, 15) is 10.1 Å². The summed E-state index contributed by atoms with van der Waals surface area (Å²) < 4.78 is 12.4. The van der Waals surface area contributed by atoms with Gasteiger partial charge in [0.05, 0.1) is 17.0 Å². The van der Waals surface area contributed by atoms with Crippen molar-refractivity contribution < 1.29 is 14.4 Å². The molecule has 0 saturated heterocycles. The summed E-state index contributed by atoms with van der Waals surface area (Å²) in [5, 5.41) is 11.8. The number of fused-ring (bicyclic) bond motifs is 1. The van der Waals surface area contributed by atoms with E-state index in [0.29, 0.717) is 26.4 Å². The molecule has 1 aromatic carbocycles. The maximum absolute atomic E-state index is 10.8. The van der Waals surface area contributed by atoms with Crippen LogP contribution in [0.5, 0.6) is 0 Å². The Morgan fingerprint density at radius 2 is 2.10 bits per heavy atom. The zero-order valence-electron chi connectivity index (χ0n) is 11.4. The number of nitrogens with zero attached hydrogens (tertiary/aromatic N) is 2. The predicted octanol–water partition coefficient (Wildman–Crippen LogP) is 2.60. The third-order valence-corrected chi connectivity index (χ3v) is 3.08. The highest BCUT2D eigenvalue weighted by Crippen LogP contribution is 2.21. The molecule has 0 bridgehead atoms. The van der Waals surface area contributed by atoms with Gasteiger partial charge in [-0.1, -0.05) is 0 Å². The largest absolute Gasteiger partial charge is 0.385 e. The molecule has 0 aliphatic heterocycles.